The van der Waals surface area contributed by atoms with Gasteiger partial charge in [-0.05, 0) is 157 Å². The average Bonchev–Trinajstić information content (AvgIpc) is 3.43. The zero-order chi connectivity index (χ0) is 48.1. The van der Waals surface area contributed by atoms with E-state index in [0.29, 0.717) is 0 Å². The highest BCUT2D eigenvalue weighted by molar-refractivity contribution is 5.91. The van der Waals surface area contributed by atoms with Gasteiger partial charge in [-0.1, -0.05) is 237 Å². The summed E-state index contributed by atoms with van der Waals surface area (Å²) in [6, 6.07) is 99.9. The van der Waals surface area contributed by atoms with E-state index in [1.54, 1.807) is 0 Å². The van der Waals surface area contributed by atoms with Crippen molar-refractivity contribution in [2.45, 2.75) is 26.7 Å². The van der Waals surface area contributed by atoms with Crippen LogP contribution in [0.4, 0.5) is 17.1 Å². The predicted molar refractivity (Wildman–Crippen MR) is 302 cm³/mol. The van der Waals surface area contributed by atoms with Gasteiger partial charge in [0.25, 0.3) is 0 Å². The van der Waals surface area contributed by atoms with Gasteiger partial charge >= 0.3 is 0 Å². The minimum absolute atomic E-state index is 0.122. The highest BCUT2D eigenvalue weighted by Gasteiger charge is 2.29. The summed E-state index contributed by atoms with van der Waals surface area (Å²) < 4.78 is 0. The Hall–Kier alpha value is -8.78. The van der Waals surface area contributed by atoms with Gasteiger partial charge in [-0.15, -0.1) is 0 Å². The molecule has 1 nitrogen and oxygen atoms in total. The molecule has 0 saturated heterocycles. The van der Waals surface area contributed by atoms with Crippen molar-refractivity contribution >= 4 is 17.1 Å². The highest BCUT2D eigenvalue weighted by atomic mass is 15.1. The highest BCUT2D eigenvalue weighted by Crippen LogP contribution is 2.49. The van der Waals surface area contributed by atoms with Crippen molar-refractivity contribution in [3.8, 4) is 66.8 Å². The van der Waals surface area contributed by atoms with Crippen LogP contribution in [0.25, 0.3) is 66.8 Å². The Morgan fingerprint density at radius 3 is 0.958 bits per heavy atom. The minimum Gasteiger partial charge on any atom is -0.311 e. The molecule has 340 valence electrons. The van der Waals surface area contributed by atoms with Gasteiger partial charge < -0.3 is 4.90 Å². The molecule has 0 atom stereocenters. The molecular weight excluding hydrogens is 855 g/mol. The number of benzene rings is 11. The third kappa shape index (κ3) is 9.03. The summed E-state index contributed by atoms with van der Waals surface area (Å²) in [6.45, 7) is 6.71. The fourth-order valence-corrected chi connectivity index (χ4v) is 10.6. The second-order valence-corrected chi connectivity index (χ2v) is 18.5. The van der Waals surface area contributed by atoms with E-state index in [9.17, 15) is 0 Å². The zero-order valence-electron chi connectivity index (χ0n) is 40.5. The molecule has 0 aromatic heterocycles. The fourth-order valence-electron chi connectivity index (χ4n) is 10.6. The molecule has 0 N–H and O–H groups in total. The van der Waals surface area contributed by atoms with Crippen LogP contribution in [0.5, 0.6) is 0 Å². The van der Waals surface area contributed by atoms with Crippen LogP contribution in [0.2, 0.25) is 0 Å². The van der Waals surface area contributed by atoms with E-state index in [1.165, 1.54) is 94.6 Å². The van der Waals surface area contributed by atoms with Gasteiger partial charge in [0, 0.05) is 23.0 Å². The molecule has 0 saturated carbocycles. The molecule has 71 heavy (non-hydrogen) atoms. The summed E-state index contributed by atoms with van der Waals surface area (Å²) in [6.07, 6.45) is 0. The molecule has 0 heterocycles. The van der Waals surface area contributed by atoms with Crippen molar-refractivity contribution in [1.82, 2.24) is 0 Å². The molecule has 11 aromatic rings. The summed E-state index contributed by atoms with van der Waals surface area (Å²) in [5.41, 5.74) is 25.4. The zero-order valence-corrected chi connectivity index (χ0v) is 40.5. The lowest BCUT2D eigenvalue weighted by atomic mass is 9.74. The Morgan fingerprint density at radius 2 is 0.535 bits per heavy atom. The summed E-state index contributed by atoms with van der Waals surface area (Å²) in [5.74, 6) is -0.122. The predicted octanol–water partition coefficient (Wildman–Crippen LogP) is 19.3. The third-order valence-corrected chi connectivity index (χ3v) is 14.1. The first-order valence-electron chi connectivity index (χ1n) is 24.7. The molecule has 0 aliphatic rings. The lowest BCUT2D eigenvalue weighted by Crippen LogP contribution is -2.10. The molecule has 0 bridgehead atoms. The molecule has 0 aliphatic carbocycles. The van der Waals surface area contributed by atoms with E-state index in [4.69, 9.17) is 0 Å². The lowest BCUT2D eigenvalue weighted by Gasteiger charge is -2.29. The first-order chi connectivity index (χ1) is 35.0. The van der Waals surface area contributed by atoms with Crippen LogP contribution in [0.3, 0.4) is 0 Å². The average molecular weight is 910 g/mol. The molecular formula is C70H55N. The Kier molecular flexibility index (Phi) is 12.6. The van der Waals surface area contributed by atoms with Gasteiger partial charge in [0.1, 0.15) is 0 Å². The van der Waals surface area contributed by atoms with E-state index in [2.05, 4.69) is 299 Å². The first-order valence-corrected chi connectivity index (χ1v) is 24.7. The number of hydrogen-bond acceptors (Lipinski definition) is 1. The summed E-state index contributed by atoms with van der Waals surface area (Å²) >= 11 is 0. The monoisotopic (exact) mass is 909 g/mol. The maximum atomic E-state index is 2.38. The number of nitrogens with zero attached hydrogens (tertiary/aromatic N) is 1. The van der Waals surface area contributed by atoms with Gasteiger partial charge in [-0.25, -0.2) is 0 Å². The van der Waals surface area contributed by atoms with Crippen LogP contribution in [0.15, 0.2) is 273 Å². The SMILES string of the molecule is Cc1ccccc1-c1ccccc1C(c1ccccc1-c1ccccc1C)c1cccc(-c2ccc(N(c3ccc(-c4ccccc4)cc3)c3ccc(-c4ccccc4)cc3)cc2)c1-c1ccccc1C. The van der Waals surface area contributed by atoms with Crippen molar-refractivity contribution in [2.75, 3.05) is 4.90 Å². The lowest BCUT2D eigenvalue weighted by molar-refractivity contribution is 0.983. The molecule has 11 aromatic carbocycles. The molecule has 0 unspecified atom stereocenters. The summed E-state index contributed by atoms with van der Waals surface area (Å²) in [7, 11) is 0. The van der Waals surface area contributed by atoms with E-state index in [1.807, 2.05) is 0 Å². The van der Waals surface area contributed by atoms with Gasteiger partial charge in [0.15, 0.2) is 0 Å². The Labute approximate surface area is 419 Å². The molecule has 1 heteroatoms. The van der Waals surface area contributed by atoms with Crippen LogP contribution in [-0.2, 0) is 0 Å². The maximum Gasteiger partial charge on any atom is 0.0462 e. The van der Waals surface area contributed by atoms with Crippen molar-refractivity contribution in [3.63, 3.8) is 0 Å². The molecule has 0 spiro atoms. The molecule has 0 amide bonds. The Morgan fingerprint density at radius 1 is 0.225 bits per heavy atom. The Balaban J connectivity index is 1.09. The topological polar surface area (TPSA) is 3.24 Å². The van der Waals surface area contributed by atoms with Crippen molar-refractivity contribution < 1.29 is 0 Å². The van der Waals surface area contributed by atoms with Crippen molar-refractivity contribution in [1.29, 1.82) is 0 Å². The fraction of sp³-hybridized carbons (Fsp3) is 0.0571. The number of anilines is 3. The maximum absolute atomic E-state index is 2.38. The van der Waals surface area contributed by atoms with E-state index < -0.39 is 0 Å². The molecule has 0 aliphatic heterocycles. The second kappa shape index (κ2) is 20.1. The Bertz CT molecular complexity index is 3420. The van der Waals surface area contributed by atoms with Crippen molar-refractivity contribution in [3.05, 3.63) is 306 Å². The van der Waals surface area contributed by atoms with Gasteiger partial charge in [-0.2, -0.15) is 0 Å². The standard InChI is InChI=1S/C70H55N/c1-49-21-10-13-28-60(49)64-31-16-18-33-66(64)70(67-34-19-17-32-65(67)61-29-14-11-22-50(61)2)68-36-20-35-63(69(68)62-30-15-12-23-51(62)3)56-41-47-59(48-42-56)71(57-43-37-54(38-44-57)52-24-6-4-7-25-52)58-45-39-55(40-46-58)53-26-8-5-9-27-53/h4-48,70H,1-3H3. The first kappa shape index (κ1) is 44.7. The summed E-state index contributed by atoms with van der Waals surface area (Å²) in [5, 5.41) is 0. The van der Waals surface area contributed by atoms with Gasteiger partial charge in [0.2, 0.25) is 0 Å². The van der Waals surface area contributed by atoms with Crippen molar-refractivity contribution in [2.24, 2.45) is 0 Å². The van der Waals surface area contributed by atoms with Crippen LogP contribution in [0.1, 0.15) is 39.3 Å². The van der Waals surface area contributed by atoms with Crippen LogP contribution in [0, 0.1) is 20.8 Å². The summed E-state index contributed by atoms with van der Waals surface area (Å²) in [4.78, 5) is 2.37. The van der Waals surface area contributed by atoms with E-state index >= 15 is 0 Å². The van der Waals surface area contributed by atoms with E-state index in [-0.39, 0.29) is 5.92 Å². The van der Waals surface area contributed by atoms with Crippen LogP contribution in [-0.4, -0.2) is 0 Å². The normalized spacial score (nSPS) is 11.2. The third-order valence-electron chi connectivity index (χ3n) is 14.1. The largest absolute Gasteiger partial charge is 0.311 e. The van der Waals surface area contributed by atoms with Crippen LogP contribution >= 0.6 is 0 Å². The molecule has 0 fully saturated rings. The smallest absolute Gasteiger partial charge is 0.0462 e. The van der Waals surface area contributed by atoms with Crippen LogP contribution < -0.4 is 4.90 Å². The molecule has 0 radical (unpaired) electrons. The number of rotatable bonds is 12. The molecule has 11 rings (SSSR count). The number of hydrogen-bond donors (Lipinski definition) is 0. The second-order valence-electron chi connectivity index (χ2n) is 18.5. The van der Waals surface area contributed by atoms with E-state index in [0.717, 1.165) is 22.6 Å². The number of aryl methyl sites for hydroxylation is 3. The van der Waals surface area contributed by atoms with Gasteiger partial charge in [-0.3, -0.25) is 0 Å². The minimum atomic E-state index is -0.122. The van der Waals surface area contributed by atoms with Gasteiger partial charge in [0.05, 0.1) is 0 Å². The quantitative estimate of drug-likeness (QED) is 0.110.